The van der Waals surface area contributed by atoms with Gasteiger partial charge in [0.25, 0.3) is 5.91 Å². The first kappa shape index (κ1) is 23.2. The number of rotatable bonds is 8. The van der Waals surface area contributed by atoms with E-state index in [4.69, 9.17) is 21.1 Å². The van der Waals surface area contributed by atoms with Crippen molar-refractivity contribution in [3.8, 4) is 0 Å². The lowest BCUT2D eigenvalue weighted by Gasteiger charge is -2.36. The second-order valence-electron chi connectivity index (χ2n) is 8.00. The lowest BCUT2D eigenvalue weighted by molar-refractivity contribution is -0.167. The highest BCUT2D eigenvalue weighted by Crippen LogP contribution is 2.35. The Labute approximate surface area is 177 Å². The number of carbonyl (C=O) groups excluding carboxylic acids is 3. The third-order valence-electron chi connectivity index (χ3n) is 5.33. The predicted octanol–water partition coefficient (Wildman–Crippen LogP) is 4.01. The van der Waals surface area contributed by atoms with Crippen molar-refractivity contribution in [2.45, 2.75) is 52.6 Å². The van der Waals surface area contributed by atoms with Crippen LogP contribution in [0.15, 0.2) is 24.3 Å². The van der Waals surface area contributed by atoms with Gasteiger partial charge in [-0.3, -0.25) is 9.59 Å². The minimum atomic E-state index is -0.571. The fraction of sp³-hybridized carbons (Fsp3) is 0.591. The van der Waals surface area contributed by atoms with E-state index in [2.05, 4.69) is 26.1 Å². The summed E-state index contributed by atoms with van der Waals surface area (Å²) in [5, 5.41) is 2.95. The van der Waals surface area contributed by atoms with Gasteiger partial charge in [0.05, 0.1) is 17.0 Å². The molecule has 2 rings (SSSR count). The molecule has 0 aliphatic heterocycles. The minimum Gasteiger partial charge on any atom is -0.460 e. The molecule has 160 valence electrons. The lowest BCUT2D eigenvalue weighted by atomic mass is 9.75. The van der Waals surface area contributed by atoms with Crippen LogP contribution in [-0.2, 0) is 19.1 Å². The van der Waals surface area contributed by atoms with Gasteiger partial charge in [0.1, 0.15) is 6.10 Å². The molecular formula is C22H30ClNO5. The Hall–Kier alpha value is -2.08. The molecule has 0 spiro atoms. The van der Waals surface area contributed by atoms with E-state index in [1.54, 1.807) is 24.3 Å². The van der Waals surface area contributed by atoms with Crippen LogP contribution in [0.3, 0.4) is 0 Å². The van der Waals surface area contributed by atoms with Crippen LogP contribution in [0.5, 0.6) is 0 Å². The SMILES string of the molecule is CC(C)[C@H]1CC[C@H](C)C[C@H]1OC(=O)COC(=O)CCNC(=O)c1ccccc1Cl. The fourth-order valence-corrected chi connectivity index (χ4v) is 3.90. The van der Waals surface area contributed by atoms with Crippen molar-refractivity contribution in [2.24, 2.45) is 17.8 Å². The number of nitrogens with one attached hydrogen (secondary N) is 1. The summed E-state index contributed by atoms with van der Waals surface area (Å²) in [6.07, 6.45) is 2.86. The summed E-state index contributed by atoms with van der Waals surface area (Å²) in [6, 6.07) is 6.65. The van der Waals surface area contributed by atoms with Gasteiger partial charge in [-0.2, -0.15) is 0 Å². The molecule has 0 aromatic heterocycles. The largest absolute Gasteiger partial charge is 0.460 e. The third kappa shape index (κ3) is 7.35. The third-order valence-corrected chi connectivity index (χ3v) is 5.66. The highest BCUT2D eigenvalue weighted by atomic mass is 35.5. The van der Waals surface area contributed by atoms with Crippen molar-refractivity contribution in [2.75, 3.05) is 13.2 Å². The van der Waals surface area contributed by atoms with Gasteiger partial charge in [0.15, 0.2) is 6.61 Å². The van der Waals surface area contributed by atoms with Gasteiger partial charge in [-0.1, -0.05) is 50.9 Å². The van der Waals surface area contributed by atoms with Crippen LogP contribution in [0.2, 0.25) is 5.02 Å². The van der Waals surface area contributed by atoms with Gasteiger partial charge in [-0.15, -0.1) is 0 Å². The molecule has 1 aromatic carbocycles. The molecule has 29 heavy (non-hydrogen) atoms. The van der Waals surface area contributed by atoms with E-state index >= 15 is 0 Å². The second-order valence-corrected chi connectivity index (χ2v) is 8.41. The zero-order valence-electron chi connectivity index (χ0n) is 17.3. The quantitative estimate of drug-likeness (QED) is 0.639. The molecule has 6 nitrogen and oxygen atoms in total. The summed E-state index contributed by atoms with van der Waals surface area (Å²) in [5.74, 6) is -0.168. The van der Waals surface area contributed by atoms with Gasteiger partial charge >= 0.3 is 11.9 Å². The molecule has 0 saturated heterocycles. The van der Waals surface area contributed by atoms with Crippen molar-refractivity contribution >= 4 is 29.4 Å². The van der Waals surface area contributed by atoms with Crippen molar-refractivity contribution in [3.63, 3.8) is 0 Å². The van der Waals surface area contributed by atoms with Gasteiger partial charge < -0.3 is 14.8 Å². The number of halogens is 1. The molecule has 3 atom stereocenters. The molecule has 1 N–H and O–H groups in total. The van der Waals surface area contributed by atoms with Gasteiger partial charge in [0.2, 0.25) is 0 Å². The Kier molecular flexibility index (Phi) is 8.96. The zero-order valence-corrected chi connectivity index (χ0v) is 18.0. The van der Waals surface area contributed by atoms with E-state index in [1.165, 1.54) is 0 Å². The lowest BCUT2D eigenvalue weighted by Crippen LogP contribution is -2.37. The van der Waals surface area contributed by atoms with Crippen LogP contribution in [-0.4, -0.2) is 37.1 Å². The molecule has 0 radical (unpaired) electrons. The Bertz CT molecular complexity index is 721. The molecule has 0 unspecified atom stereocenters. The molecule has 0 bridgehead atoms. The standard InChI is InChI=1S/C22H30ClNO5/c1-14(2)16-9-8-15(3)12-19(16)29-21(26)13-28-20(25)10-11-24-22(27)17-6-4-5-7-18(17)23/h4-7,14-16,19H,8-13H2,1-3H3,(H,24,27)/t15-,16+,19+/m0/s1. The Balaban J connectivity index is 1.69. The summed E-state index contributed by atoms with van der Waals surface area (Å²) >= 11 is 5.96. The van der Waals surface area contributed by atoms with Gasteiger partial charge in [0, 0.05) is 6.54 Å². The number of benzene rings is 1. The van der Waals surface area contributed by atoms with Crippen LogP contribution in [0.4, 0.5) is 0 Å². The molecule has 7 heteroatoms. The number of esters is 2. The topological polar surface area (TPSA) is 81.7 Å². The first-order valence-corrected chi connectivity index (χ1v) is 10.5. The zero-order chi connectivity index (χ0) is 21.4. The number of amides is 1. The van der Waals surface area contributed by atoms with Crippen LogP contribution in [0.25, 0.3) is 0 Å². The van der Waals surface area contributed by atoms with E-state index in [0.717, 1.165) is 19.3 Å². The Morgan fingerprint density at radius 1 is 1.17 bits per heavy atom. The van der Waals surface area contributed by atoms with E-state index in [-0.39, 0.29) is 25.0 Å². The predicted molar refractivity (Wildman–Crippen MR) is 111 cm³/mol. The van der Waals surface area contributed by atoms with Crippen molar-refractivity contribution in [1.82, 2.24) is 5.32 Å². The first-order chi connectivity index (χ1) is 13.8. The maximum Gasteiger partial charge on any atom is 0.344 e. The van der Waals surface area contributed by atoms with Crippen molar-refractivity contribution in [1.29, 1.82) is 0 Å². The number of ether oxygens (including phenoxy) is 2. The van der Waals surface area contributed by atoms with Crippen LogP contribution in [0.1, 0.15) is 56.8 Å². The normalized spacial score (nSPS) is 21.5. The van der Waals surface area contributed by atoms with Crippen LogP contribution < -0.4 is 5.32 Å². The van der Waals surface area contributed by atoms with Gasteiger partial charge in [-0.05, 0) is 42.7 Å². The monoisotopic (exact) mass is 423 g/mol. The minimum absolute atomic E-state index is 0.0431. The second kappa shape index (κ2) is 11.2. The molecular weight excluding hydrogens is 394 g/mol. The molecule has 1 aromatic rings. The number of hydrogen-bond donors (Lipinski definition) is 1. The van der Waals surface area contributed by atoms with E-state index in [1.807, 2.05) is 0 Å². The maximum atomic E-state index is 12.1. The summed E-state index contributed by atoms with van der Waals surface area (Å²) in [7, 11) is 0. The summed E-state index contributed by atoms with van der Waals surface area (Å²) in [4.78, 5) is 36.0. The van der Waals surface area contributed by atoms with Gasteiger partial charge in [-0.25, -0.2) is 4.79 Å². The van der Waals surface area contributed by atoms with Crippen molar-refractivity contribution in [3.05, 3.63) is 34.9 Å². The number of hydrogen-bond acceptors (Lipinski definition) is 5. The summed E-state index contributed by atoms with van der Waals surface area (Å²) < 4.78 is 10.6. The highest BCUT2D eigenvalue weighted by Gasteiger charge is 2.33. The smallest absolute Gasteiger partial charge is 0.344 e. The van der Waals surface area contributed by atoms with Crippen LogP contribution >= 0.6 is 11.6 Å². The fourth-order valence-electron chi connectivity index (χ4n) is 3.68. The van der Waals surface area contributed by atoms with E-state index in [9.17, 15) is 14.4 Å². The average molecular weight is 424 g/mol. The number of carbonyl (C=O) groups is 3. The molecule has 1 amide bonds. The maximum absolute atomic E-state index is 12.1. The molecule has 1 fully saturated rings. The molecule has 1 aliphatic carbocycles. The molecule has 1 saturated carbocycles. The van der Waals surface area contributed by atoms with Crippen LogP contribution in [0, 0.1) is 17.8 Å². The van der Waals surface area contributed by atoms with E-state index < -0.39 is 18.5 Å². The molecule has 0 heterocycles. The first-order valence-electron chi connectivity index (χ1n) is 10.2. The molecule has 1 aliphatic rings. The summed E-state index contributed by atoms with van der Waals surface area (Å²) in [5.41, 5.74) is 0.340. The highest BCUT2D eigenvalue weighted by molar-refractivity contribution is 6.33. The Morgan fingerprint density at radius 3 is 2.59 bits per heavy atom. The summed E-state index contributed by atoms with van der Waals surface area (Å²) in [6.45, 7) is 6.12. The van der Waals surface area contributed by atoms with E-state index in [0.29, 0.717) is 28.3 Å². The average Bonchev–Trinajstić information content (AvgIpc) is 2.66. The Morgan fingerprint density at radius 2 is 1.90 bits per heavy atom. The van der Waals surface area contributed by atoms with Crippen molar-refractivity contribution < 1.29 is 23.9 Å².